The normalized spacial score (nSPS) is 14.5. The van der Waals surface area contributed by atoms with Gasteiger partial charge < -0.3 is 20.3 Å². The predicted octanol–water partition coefficient (Wildman–Crippen LogP) is 4.85. The lowest BCUT2D eigenvalue weighted by atomic mass is 10.0. The summed E-state index contributed by atoms with van der Waals surface area (Å²) in [6.45, 7) is 8.52. The number of nitrogens with zero attached hydrogens (tertiary/aromatic N) is 4. The minimum Gasteiger partial charge on any atom is -0.496 e. The van der Waals surface area contributed by atoms with Gasteiger partial charge in [-0.05, 0) is 37.9 Å². The van der Waals surface area contributed by atoms with Crippen molar-refractivity contribution in [3.05, 3.63) is 70.8 Å². The Morgan fingerprint density at radius 2 is 2.06 bits per heavy atom. The van der Waals surface area contributed by atoms with Gasteiger partial charge in [0.15, 0.2) is 11.6 Å². The van der Waals surface area contributed by atoms with Gasteiger partial charge >= 0.3 is 0 Å². The monoisotopic (exact) mass is 512 g/mol. The number of nitrogens with one attached hydrogen (secondary N) is 2. The first kappa shape index (κ1) is 25.5. The molecule has 0 saturated carbocycles. The number of piperazine rings is 1. The first-order chi connectivity index (χ1) is 17.5. The van der Waals surface area contributed by atoms with Gasteiger partial charge in [0, 0.05) is 37.1 Å². The molecule has 0 amide bonds. The Labute approximate surface area is 213 Å². The highest BCUT2D eigenvalue weighted by atomic mass is 35.5. The molecule has 1 aromatic heterocycles. The van der Waals surface area contributed by atoms with Gasteiger partial charge in [-0.2, -0.15) is 0 Å². The topological polar surface area (TPSA) is 74.7 Å². The van der Waals surface area contributed by atoms with Gasteiger partial charge in [-0.25, -0.2) is 23.7 Å². The number of hydrogen-bond donors (Lipinski definition) is 2. The molecule has 0 aliphatic carbocycles. The van der Waals surface area contributed by atoms with Gasteiger partial charge in [0.25, 0.3) is 0 Å². The van der Waals surface area contributed by atoms with E-state index in [0.717, 1.165) is 13.1 Å². The van der Waals surface area contributed by atoms with Crippen LogP contribution in [0.15, 0.2) is 53.3 Å². The average Bonchev–Trinajstić information content (AvgIpc) is 2.90. The maximum atomic E-state index is 16.2. The molecule has 0 bridgehead atoms. The van der Waals surface area contributed by atoms with Crippen LogP contribution in [0.5, 0.6) is 5.75 Å². The number of rotatable bonds is 8. The Balaban J connectivity index is 1.90. The number of hydrogen-bond acceptors (Lipinski definition) is 7. The molecule has 2 N–H and O–H groups in total. The molecule has 0 unspecified atom stereocenters. The highest BCUT2D eigenvalue weighted by molar-refractivity contribution is 6.34. The highest BCUT2D eigenvalue weighted by Crippen LogP contribution is 2.42. The van der Waals surface area contributed by atoms with Crippen LogP contribution in [0.2, 0.25) is 5.02 Å². The molecule has 3 aromatic rings. The lowest BCUT2D eigenvalue weighted by Crippen LogP contribution is -2.44. The van der Waals surface area contributed by atoms with E-state index in [2.05, 4.69) is 32.2 Å². The number of ether oxygens (including phenoxy) is 1. The van der Waals surface area contributed by atoms with E-state index in [1.165, 1.54) is 19.2 Å². The summed E-state index contributed by atoms with van der Waals surface area (Å²) in [6.07, 6.45) is 5.44. The molecule has 1 saturated heterocycles. The average molecular weight is 513 g/mol. The molecule has 1 fully saturated rings. The van der Waals surface area contributed by atoms with E-state index in [1.54, 1.807) is 18.2 Å². The van der Waals surface area contributed by atoms with E-state index in [9.17, 15) is 4.39 Å². The summed E-state index contributed by atoms with van der Waals surface area (Å²) in [5.74, 6) is 0.213. The Morgan fingerprint density at radius 1 is 1.28 bits per heavy atom. The molecule has 2 aromatic carbocycles. The molecule has 36 heavy (non-hydrogen) atoms. The third-order valence-corrected chi connectivity index (χ3v) is 6.11. The smallest absolute Gasteiger partial charge is 0.159 e. The Hall–Kier alpha value is -3.56. The van der Waals surface area contributed by atoms with E-state index < -0.39 is 11.6 Å². The fraction of sp³-hybridized carbons (Fsp3) is 0.269. The summed E-state index contributed by atoms with van der Waals surface area (Å²) in [5, 5.41) is 6.91. The maximum absolute atomic E-state index is 16.2. The summed E-state index contributed by atoms with van der Waals surface area (Å²) >= 11 is 6.57. The second-order valence-corrected chi connectivity index (χ2v) is 8.46. The maximum Gasteiger partial charge on any atom is 0.159 e. The third kappa shape index (κ3) is 5.17. The van der Waals surface area contributed by atoms with Gasteiger partial charge in [-0.1, -0.05) is 29.8 Å². The molecular formula is C26H27ClF2N6O. The number of allylic oxidation sites excluding steroid dienone is 3. The Morgan fingerprint density at radius 3 is 2.75 bits per heavy atom. The van der Waals surface area contributed by atoms with Crippen LogP contribution in [0.1, 0.15) is 12.7 Å². The van der Waals surface area contributed by atoms with Gasteiger partial charge in [-0.15, -0.1) is 0 Å². The molecule has 1 aliphatic rings. The Bertz CT molecular complexity index is 1340. The number of methoxy groups -OCH3 is 1. The minimum absolute atomic E-state index is 0.0432. The number of aliphatic imine (C=N–C) groups is 1. The van der Waals surface area contributed by atoms with E-state index in [4.69, 9.17) is 21.3 Å². The number of benzene rings is 2. The molecule has 10 heteroatoms. The van der Waals surface area contributed by atoms with Crippen molar-refractivity contribution < 1.29 is 13.5 Å². The quantitative estimate of drug-likeness (QED) is 0.332. The molecule has 7 nitrogen and oxygen atoms in total. The van der Waals surface area contributed by atoms with Crippen LogP contribution in [0.25, 0.3) is 22.0 Å². The molecule has 1 aliphatic heterocycles. The SMILES string of the molecule is C=N/C(=C\C=C/C)NCc1nc(N2CCNCC2)c2cc(Cl)c(-c3c(F)cccc3OC)c(F)c2n1. The van der Waals surface area contributed by atoms with Crippen molar-refractivity contribution >= 4 is 35.0 Å². The summed E-state index contributed by atoms with van der Waals surface area (Å²) in [6, 6.07) is 5.88. The van der Waals surface area contributed by atoms with Crippen molar-refractivity contribution in [1.29, 1.82) is 0 Å². The third-order valence-electron chi connectivity index (χ3n) is 5.82. The van der Waals surface area contributed by atoms with Crippen molar-refractivity contribution in [2.24, 2.45) is 4.99 Å². The van der Waals surface area contributed by atoms with Crippen molar-refractivity contribution in [3.8, 4) is 16.9 Å². The van der Waals surface area contributed by atoms with Gasteiger partial charge in [0.2, 0.25) is 0 Å². The molecule has 0 spiro atoms. The first-order valence-electron chi connectivity index (χ1n) is 11.5. The van der Waals surface area contributed by atoms with Crippen LogP contribution in [-0.2, 0) is 6.54 Å². The second-order valence-electron chi connectivity index (χ2n) is 8.05. The summed E-state index contributed by atoms with van der Waals surface area (Å²) < 4.78 is 36.4. The fourth-order valence-electron chi connectivity index (χ4n) is 4.09. The van der Waals surface area contributed by atoms with E-state index >= 15 is 4.39 Å². The standard InChI is InChI=1S/C26H27ClF2N6O/c1-4-5-9-20(30-2)32-15-21-33-25-16(26(34-21)35-12-10-31-11-13-35)14-17(27)22(24(25)29)23-18(28)7-6-8-19(23)36-3/h4-9,14,31-32H,2,10-13,15H2,1,3H3/b5-4-,20-9+. The van der Waals surface area contributed by atoms with Crippen LogP contribution < -0.4 is 20.3 Å². The minimum atomic E-state index is -0.743. The van der Waals surface area contributed by atoms with Crippen molar-refractivity contribution in [1.82, 2.24) is 20.6 Å². The van der Waals surface area contributed by atoms with Crippen molar-refractivity contribution in [2.45, 2.75) is 13.5 Å². The second kappa shape index (κ2) is 11.5. The molecule has 188 valence electrons. The largest absolute Gasteiger partial charge is 0.496 e. The highest BCUT2D eigenvalue weighted by Gasteiger charge is 2.25. The van der Waals surface area contributed by atoms with Crippen LogP contribution in [0.3, 0.4) is 0 Å². The summed E-state index contributed by atoms with van der Waals surface area (Å²) in [4.78, 5) is 15.3. The lowest BCUT2D eigenvalue weighted by molar-refractivity contribution is 0.413. The molecule has 0 atom stereocenters. The lowest BCUT2D eigenvalue weighted by Gasteiger charge is -2.29. The van der Waals surface area contributed by atoms with Crippen molar-refractivity contribution in [2.75, 3.05) is 38.2 Å². The number of fused-ring (bicyclic) bond motifs is 1. The van der Waals surface area contributed by atoms with E-state index in [-0.39, 0.29) is 34.0 Å². The Kier molecular flexibility index (Phi) is 8.12. The number of halogens is 3. The molecule has 2 heterocycles. The predicted molar refractivity (Wildman–Crippen MR) is 141 cm³/mol. The first-order valence-corrected chi connectivity index (χ1v) is 11.9. The summed E-state index contributed by atoms with van der Waals surface area (Å²) in [5.41, 5.74) is -0.117. The zero-order valence-electron chi connectivity index (χ0n) is 20.1. The number of aromatic nitrogens is 2. The van der Waals surface area contributed by atoms with Crippen molar-refractivity contribution in [3.63, 3.8) is 0 Å². The van der Waals surface area contributed by atoms with Gasteiger partial charge in [0.1, 0.15) is 28.7 Å². The molecular weight excluding hydrogens is 486 g/mol. The van der Waals surface area contributed by atoms with Gasteiger partial charge in [-0.3, -0.25) is 0 Å². The zero-order chi connectivity index (χ0) is 25.7. The van der Waals surface area contributed by atoms with Crippen LogP contribution in [0, 0.1) is 11.6 Å². The molecule has 0 radical (unpaired) electrons. The van der Waals surface area contributed by atoms with Crippen LogP contribution >= 0.6 is 11.6 Å². The van der Waals surface area contributed by atoms with E-state index in [1.807, 2.05) is 19.1 Å². The molecule has 4 rings (SSSR count). The van der Waals surface area contributed by atoms with Crippen LogP contribution in [-0.4, -0.2) is 50.0 Å². The van der Waals surface area contributed by atoms with Gasteiger partial charge in [0.05, 0.1) is 24.2 Å². The van der Waals surface area contributed by atoms with E-state index in [0.29, 0.717) is 35.9 Å². The van der Waals surface area contributed by atoms with Crippen LogP contribution in [0.4, 0.5) is 14.6 Å². The number of anilines is 1. The summed E-state index contributed by atoms with van der Waals surface area (Å²) in [7, 11) is 1.39. The fourth-order valence-corrected chi connectivity index (χ4v) is 4.38. The zero-order valence-corrected chi connectivity index (χ0v) is 20.9.